The molecule has 1 aliphatic heterocycles. The number of hydrazone groups is 1. The van der Waals surface area contributed by atoms with Crippen LogP contribution in [0, 0.1) is 11.8 Å². The van der Waals surface area contributed by atoms with Crippen molar-refractivity contribution in [2.45, 2.75) is 32.6 Å². The van der Waals surface area contributed by atoms with E-state index in [4.69, 9.17) is 0 Å². The van der Waals surface area contributed by atoms with Gasteiger partial charge < -0.3 is 0 Å². The molecule has 2 unspecified atom stereocenters. The predicted molar refractivity (Wildman–Crippen MR) is 108 cm³/mol. The van der Waals surface area contributed by atoms with E-state index in [0.717, 1.165) is 31.2 Å². The van der Waals surface area contributed by atoms with Crippen LogP contribution in [0.3, 0.4) is 0 Å². The van der Waals surface area contributed by atoms with E-state index in [-0.39, 0.29) is 29.3 Å². The summed E-state index contributed by atoms with van der Waals surface area (Å²) in [5, 5.41) is 4.12. The highest BCUT2D eigenvalue weighted by Gasteiger charge is 2.48. The maximum atomic E-state index is 12.7. The molecular weight excluding hydrogens is 368 g/mol. The van der Waals surface area contributed by atoms with E-state index >= 15 is 0 Å². The van der Waals surface area contributed by atoms with E-state index in [9.17, 15) is 14.4 Å². The van der Waals surface area contributed by atoms with Crippen LogP contribution in [0.4, 0.5) is 5.69 Å². The molecule has 0 spiro atoms. The summed E-state index contributed by atoms with van der Waals surface area (Å²) in [4.78, 5) is 42.8. The van der Waals surface area contributed by atoms with Gasteiger partial charge in [-0.2, -0.15) is 5.10 Å². The van der Waals surface area contributed by atoms with Gasteiger partial charge in [0.25, 0.3) is 5.91 Å². The van der Waals surface area contributed by atoms with Gasteiger partial charge >= 0.3 is 0 Å². The molecule has 29 heavy (non-hydrogen) atoms. The number of carbonyl (C=O) groups is 3. The largest absolute Gasteiger partial charge is 0.289 e. The van der Waals surface area contributed by atoms with Crippen LogP contribution in [0.25, 0.3) is 0 Å². The van der Waals surface area contributed by atoms with Crippen molar-refractivity contribution in [3.8, 4) is 0 Å². The highest BCUT2D eigenvalue weighted by Crippen LogP contribution is 2.40. The molecule has 4 rings (SSSR count). The lowest BCUT2D eigenvalue weighted by Gasteiger charge is -2.19. The lowest BCUT2D eigenvalue weighted by Crippen LogP contribution is -2.30. The average Bonchev–Trinajstić information content (AvgIpc) is 3.03. The number of imide groups is 1. The quantitative estimate of drug-likeness (QED) is 0.494. The third kappa shape index (κ3) is 3.68. The lowest BCUT2D eigenvalue weighted by molar-refractivity contribution is -0.122. The number of nitrogens with one attached hydrogen (secondary N) is 1. The smallest absolute Gasteiger partial charge is 0.274 e. The maximum absolute atomic E-state index is 12.7. The SMILES string of the molecule is C/C(=N\NC(=O)c1ccccn1)c1ccc(N2C(=O)C3CCCCC3C2=O)cc1. The lowest BCUT2D eigenvalue weighted by atomic mass is 9.81. The van der Waals surface area contributed by atoms with Gasteiger partial charge in [-0.15, -0.1) is 0 Å². The summed E-state index contributed by atoms with van der Waals surface area (Å²) in [5.41, 5.74) is 4.74. The number of aromatic nitrogens is 1. The Labute approximate surface area is 168 Å². The zero-order chi connectivity index (χ0) is 20.4. The molecule has 3 amide bonds. The van der Waals surface area contributed by atoms with Gasteiger partial charge in [-0.1, -0.05) is 31.0 Å². The third-order valence-corrected chi connectivity index (χ3v) is 5.61. The summed E-state index contributed by atoms with van der Waals surface area (Å²) in [6.07, 6.45) is 5.15. The summed E-state index contributed by atoms with van der Waals surface area (Å²) in [6, 6.07) is 12.2. The van der Waals surface area contributed by atoms with Crippen molar-refractivity contribution < 1.29 is 14.4 Å². The Balaban J connectivity index is 1.47. The fraction of sp³-hybridized carbons (Fsp3) is 0.318. The van der Waals surface area contributed by atoms with Gasteiger partial charge in [0.05, 0.1) is 23.2 Å². The van der Waals surface area contributed by atoms with Crippen molar-refractivity contribution in [1.82, 2.24) is 10.4 Å². The van der Waals surface area contributed by atoms with Gasteiger partial charge in [0.2, 0.25) is 11.8 Å². The van der Waals surface area contributed by atoms with Gasteiger partial charge in [0.15, 0.2) is 0 Å². The molecular formula is C22H22N4O3. The standard InChI is InChI=1S/C22H22N4O3/c1-14(24-25-20(27)19-8-4-5-13-23-19)15-9-11-16(12-10-15)26-21(28)17-6-2-3-7-18(17)22(26)29/h4-5,8-13,17-18H,2-3,6-7H2,1H3,(H,25,27)/b24-14+. The molecule has 2 heterocycles. The Hall–Kier alpha value is -3.35. The van der Waals surface area contributed by atoms with Crippen molar-refractivity contribution >= 4 is 29.1 Å². The van der Waals surface area contributed by atoms with E-state index in [1.165, 1.54) is 4.90 Å². The van der Waals surface area contributed by atoms with Crippen LogP contribution in [0.1, 0.15) is 48.7 Å². The van der Waals surface area contributed by atoms with Crippen molar-refractivity contribution in [2.75, 3.05) is 4.90 Å². The van der Waals surface area contributed by atoms with Crippen LogP contribution in [0.15, 0.2) is 53.8 Å². The highest BCUT2D eigenvalue weighted by molar-refractivity contribution is 6.22. The molecule has 148 valence electrons. The molecule has 2 fully saturated rings. The van der Waals surface area contributed by atoms with E-state index in [1.807, 2.05) is 0 Å². The first-order valence-corrected chi connectivity index (χ1v) is 9.80. The molecule has 1 aliphatic carbocycles. The molecule has 1 aromatic heterocycles. The second-order valence-electron chi connectivity index (χ2n) is 7.41. The van der Waals surface area contributed by atoms with Gasteiger partial charge in [-0.05, 0) is 49.6 Å². The molecule has 7 nitrogen and oxygen atoms in total. The number of nitrogens with zero attached hydrogens (tertiary/aromatic N) is 3. The molecule has 2 aliphatic rings. The normalized spacial score (nSPS) is 21.8. The third-order valence-electron chi connectivity index (χ3n) is 5.61. The minimum atomic E-state index is -0.391. The summed E-state index contributed by atoms with van der Waals surface area (Å²) >= 11 is 0. The second-order valence-corrected chi connectivity index (χ2v) is 7.41. The molecule has 2 atom stereocenters. The fourth-order valence-electron chi connectivity index (χ4n) is 4.02. The maximum Gasteiger partial charge on any atom is 0.289 e. The highest BCUT2D eigenvalue weighted by atomic mass is 16.2. The van der Waals surface area contributed by atoms with Crippen molar-refractivity contribution in [1.29, 1.82) is 0 Å². The molecule has 7 heteroatoms. The first kappa shape index (κ1) is 19.0. The number of fused-ring (bicyclic) bond motifs is 1. The topological polar surface area (TPSA) is 91.7 Å². The zero-order valence-electron chi connectivity index (χ0n) is 16.2. The number of carbonyl (C=O) groups excluding carboxylic acids is 3. The number of benzene rings is 1. The number of amides is 3. The Morgan fingerprint density at radius 1 is 1.03 bits per heavy atom. The predicted octanol–water partition coefficient (Wildman–Crippen LogP) is 2.92. The van der Waals surface area contributed by atoms with Crippen LogP contribution in [-0.4, -0.2) is 28.4 Å². The summed E-state index contributed by atoms with van der Waals surface area (Å²) in [7, 11) is 0. The van der Waals surface area contributed by atoms with Gasteiger partial charge in [0.1, 0.15) is 5.69 Å². The van der Waals surface area contributed by atoms with Crippen LogP contribution >= 0.6 is 0 Å². The fourth-order valence-corrected chi connectivity index (χ4v) is 4.02. The van der Waals surface area contributed by atoms with Crippen LogP contribution in [-0.2, 0) is 9.59 Å². The van der Waals surface area contributed by atoms with E-state index in [1.54, 1.807) is 55.6 Å². The number of pyridine rings is 1. The molecule has 0 radical (unpaired) electrons. The van der Waals surface area contributed by atoms with Crippen molar-refractivity contribution in [3.63, 3.8) is 0 Å². The monoisotopic (exact) mass is 390 g/mol. The average molecular weight is 390 g/mol. The van der Waals surface area contributed by atoms with E-state index in [2.05, 4.69) is 15.5 Å². The molecule has 1 saturated carbocycles. The van der Waals surface area contributed by atoms with Crippen LogP contribution in [0.5, 0.6) is 0 Å². The van der Waals surface area contributed by atoms with Crippen molar-refractivity contribution in [3.05, 3.63) is 59.9 Å². The summed E-state index contributed by atoms with van der Waals surface area (Å²) in [5.74, 6) is -0.888. The molecule has 2 aromatic rings. The minimum absolute atomic E-state index is 0.0829. The Bertz CT molecular complexity index is 945. The summed E-state index contributed by atoms with van der Waals surface area (Å²) < 4.78 is 0. The molecule has 1 saturated heterocycles. The zero-order valence-corrected chi connectivity index (χ0v) is 16.2. The molecule has 0 bridgehead atoms. The number of hydrogen-bond donors (Lipinski definition) is 1. The number of hydrogen-bond acceptors (Lipinski definition) is 5. The summed E-state index contributed by atoms with van der Waals surface area (Å²) in [6.45, 7) is 1.77. The van der Waals surface area contributed by atoms with Gasteiger partial charge in [-0.25, -0.2) is 5.43 Å². The number of anilines is 1. The molecule has 1 aromatic carbocycles. The minimum Gasteiger partial charge on any atom is -0.274 e. The first-order valence-electron chi connectivity index (χ1n) is 9.80. The Morgan fingerprint density at radius 2 is 1.69 bits per heavy atom. The van der Waals surface area contributed by atoms with Gasteiger partial charge in [-0.3, -0.25) is 24.3 Å². The Kier molecular flexibility index (Phi) is 5.20. The van der Waals surface area contributed by atoms with Crippen LogP contribution < -0.4 is 10.3 Å². The van der Waals surface area contributed by atoms with E-state index < -0.39 is 5.91 Å². The molecule has 1 N–H and O–H groups in total. The van der Waals surface area contributed by atoms with Crippen LogP contribution in [0.2, 0.25) is 0 Å². The second kappa shape index (κ2) is 7.95. The Morgan fingerprint density at radius 3 is 2.28 bits per heavy atom. The van der Waals surface area contributed by atoms with E-state index in [0.29, 0.717) is 11.4 Å². The van der Waals surface area contributed by atoms with Crippen molar-refractivity contribution in [2.24, 2.45) is 16.9 Å². The van der Waals surface area contributed by atoms with Gasteiger partial charge in [0, 0.05) is 6.20 Å². The number of rotatable bonds is 4. The first-order chi connectivity index (χ1) is 14.1.